The first-order chi connectivity index (χ1) is 11.3. The van der Waals surface area contributed by atoms with E-state index in [2.05, 4.69) is 15.5 Å². The van der Waals surface area contributed by atoms with Crippen LogP contribution in [0.3, 0.4) is 0 Å². The number of hydrogen-bond acceptors (Lipinski definition) is 5. The number of nitrogens with one attached hydrogen (secondary N) is 1. The lowest BCUT2D eigenvalue weighted by Crippen LogP contribution is -1.95. The van der Waals surface area contributed by atoms with Crippen molar-refractivity contribution in [3.63, 3.8) is 0 Å². The summed E-state index contributed by atoms with van der Waals surface area (Å²) in [4.78, 5) is 4.55. The monoisotopic (exact) mass is 305 g/mol. The molecular formula is C18H15N3O2. The van der Waals surface area contributed by atoms with Gasteiger partial charge in [0.05, 0.1) is 17.4 Å². The fraction of sp³-hybridized carbons (Fsp3) is 0.111. The van der Waals surface area contributed by atoms with E-state index in [1.807, 2.05) is 55.5 Å². The van der Waals surface area contributed by atoms with Crippen molar-refractivity contribution in [3.8, 4) is 11.5 Å². The highest BCUT2D eigenvalue weighted by Crippen LogP contribution is 2.38. The number of benzene rings is 2. The van der Waals surface area contributed by atoms with Gasteiger partial charge in [0, 0.05) is 17.1 Å². The minimum Gasteiger partial charge on any atom is -0.454 e. The van der Waals surface area contributed by atoms with Crippen LogP contribution >= 0.6 is 0 Å². The van der Waals surface area contributed by atoms with Gasteiger partial charge in [-0.3, -0.25) is 10.4 Å². The summed E-state index contributed by atoms with van der Waals surface area (Å²) in [6.07, 6.45) is 1.79. The number of rotatable bonds is 3. The number of hydrazone groups is 1. The fourth-order valence-electron chi connectivity index (χ4n) is 2.56. The van der Waals surface area contributed by atoms with Crippen LogP contribution in [0, 0.1) is 6.92 Å². The molecule has 0 fully saturated rings. The van der Waals surface area contributed by atoms with Crippen molar-refractivity contribution in [2.45, 2.75) is 6.92 Å². The molecule has 1 aromatic heterocycles. The Morgan fingerprint density at radius 1 is 1.09 bits per heavy atom. The maximum Gasteiger partial charge on any atom is 0.231 e. The smallest absolute Gasteiger partial charge is 0.231 e. The summed E-state index contributed by atoms with van der Waals surface area (Å²) in [5.74, 6) is 1.47. The van der Waals surface area contributed by atoms with Gasteiger partial charge in [0.15, 0.2) is 11.5 Å². The van der Waals surface area contributed by atoms with Gasteiger partial charge in [0.1, 0.15) is 0 Å². The first kappa shape index (κ1) is 13.6. The highest BCUT2D eigenvalue weighted by molar-refractivity contribution is 5.94. The molecule has 2 aromatic carbocycles. The van der Waals surface area contributed by atoms with E-state index < -0.39 is 0 Å². The standard InChI is InChI=1S/C18H15N3O2/c1-12-7-16(21-19-10-13-5-3-2-4-6-13)14-8-17-18(23-11-22-17)9-15(14)20-12/h2-10H,11H2,1H3,(H,20,21)/b19-10+. The van der Waals surface area contributed by atoms with Crippen LogP contribution in [-0.2, 0) is 0 Å². The van der Waals surface area contributed by atoms with E-state index in [1.165, 1.54) is 0 Å². The quantitative estimate of drug-likeness (QED) is 0.592. The summed E-state index contributed by atoms with van der Waals surface area (Å²) in [7, 11) is 0. The maximum absolute atomic E-state index is 5.45. The van der Waals surface area contributed by atoms with Crippen LogP contribution in [-0.4, -0.2) is 18.0 Å². The Kier molecular flexibility index (Phi) is 3.31. The Morgan fingerprint density at radius 3 is 2.70 bits per heavy atom. The molecule has 114 valence electrons. The van der Waals surface area contributed by atoms with Gasteiger partial charge in [0.2, 0.25) is 6.79 Å². The molecule has 0 bridgehead atoms. The number of anilines is 1. The molecule has 3 aromatic rings. The fourth-order valence-corrected chi connectivity index (χ4v) is 2.56. The van der Waals surface area contributed by atoms with Crippen LogP contribution in [0.1, 0.15) is 11.3 Å². The third-order valence-corrected chi connectivity index (χ3v) is 3.63. The van der Waals surface area contributed by atoms with Crippen LogP contribution < -0.4 is 14.9 Å². The predicted molar refractivity (Wildman–Crippen MR) is 90.3 cm³/mol. The summed E-state index contributed by atoms with van der Waals surface area (Å²) in [6.45, 7) is 2.20. The molecule has 5 heteroatoms. The van der Waals surface area contributed by atoms with E-state index in [1.54, 1.807) is 6.21 Å². The second-order valence-electron chi connectivity index (χ2n) is 5.31. The molecule has 1 aliphatic heterocycles. The zero-order chi connectivity index (χ0) is 15.6. The van der Waals surface area contributed by atoms with Crippen molar-refractivity contribution in [3.05, 3.63) is 59.8 Å². The third-order valence-electron chi connectivity index (χ3n) is 3.63. The second-order valence-corrected chi connectivity index (χ2v) is 5.31. The number of aryl methyl sites for hydroxylation is 1. The highest BCUT2D eigenvalue weighted by Gasteiger charge is 2.16. The Morgan fingerprint density at radius 2 is 1.87 bits per heavy atom. The SMILES string of the molecule is Cc1cc(N/N=C/c2ccccc2)c2cc3c(cc2n1)OCO3. The Labute approximate surface area is 133 Å². The van der Waals surface area contributed by atoms with Gasteiger partial charge in [-0.25, -0.2) is 0 Å². The summed E-state index contributed by atoms with van der Waals surface area (Å²) in [5, 5.41) is 5.27. The molecule has 5 nitrogen and oxygen atoms in total. The summed E-state index contributed by atoms with van der Waals surface area (Å²) < 4.78 is 10.9. The van der Waals surface area contributed by atoms with Gasteiger partial charge in [-0.2, -0.15) is 5.10 Å². The molecule has 0 saturated heterocycles. The van der Waals surface area contributed by atoms with Crippen LogP contribution in [0.2, 0.25) is 0 Å². The van der Waals surface area contributed by atoms with Crippen LogP contribution in [0.4, 0.5) is 5.69 Å². The number of aromatic nitrogens is 1. The molecule has 0 unspecified atom stereocenters. The van der Waals surface area contributed by atoms with Crippen molar-refractivity contribution >= 4 is 22.8 Å². The van der Waals surface area contributed by atoms with Crippen LogP contribution in [0.15, 0.2) is 53.6 Å². The average Bonchev–Trinajstić information content (AvgIpc) is 3.01. The molecule has 1 N–H and O–H groups in total. The number of pyridine rings is 1. The maximum atomic E-state index is 5.45. The largest absolute Gasteiger partial charge is 0.454 e. The first-order valence-corrected chi connectivity index (χ1v) is 7.35. The van der Waals surface area contributed by atoms with Crippen molar-refractivity contribution in [1.82, 2.24) is 4.98 Å². The molecule has 0 spiro atoms. The molecular weight excluding hydrogens is 290 g/mol. The molecule has 1 aliphatic rings. The molecule has 0 aliphatic carbocycles. The number of hydrogen-bond donors (Lipinski definition) is 1. The Balaban J connectivity index is 1.70. The van der Waals surface area contributed by atoms with E-state index in [4.69, 9.17) is 9.47 Å². The van der Waals surface area contributed by atoms with E-state index >= 15 is 0 Å². The minimum absolute atomic E-state index is 0.250. The van der Waals surface area contributed by atoms with Gasteiger partial charge in [0.25, 0.3) is 0 Å². The first-order valence-electron chi connectivity index (χ1n) is 7.35. The van der Waals surface area contributed by atoms with Gasteiger partial charge in [-0.1, -0.05) is 30.3 Å². The van der Waals surface area contributed by atoms with Gasteiger partial charge >= 0.3 is 0 Å². The van der Waals surface area contributed by atoms with Crippen LogP contribution in [0.25, 0.3) is 10.9 Å². The highest BCUT2D eigenvalue weighted by atomic mass is 16.7. The van der Waals surface area contributed by atoms with Crippen molar-refractivity contribution < 1.29 is 9.47 Å². The molecule has 0 saturated carbocycles. The Bertz CT molecular complexity index is 892. The molecule has 0 atom stereocenters. The molecule has 2 heterocycles. The zero-order valence-corrected chi connectivity index (χ0v) is 12.6. The van der Waals surface area contributed by atoms with Gasteiger partial charge in [-0.15, -0.1) is 0 Å². The normalized spacial score (nSPS) is 12.9. The zero-order valence-electron chi connectivity index (χ0n) is 12.6. The molecule has 23 heavy (non-hydrogen) atoms. The lowest BCUT2D eigenvalue weighted by Gasteiger charge is -2.08. The Hall–Kier alpha value is -3.08. The minimum atomic E-state index is 0.250. The third kappa shape index (κ3) is 2.68. The summed E-state index contributed by atoms with van der Waals surface area (Å²) in [5.41, 5.74) is 6.79. The van der Waals surface area contributed by atoms with E-state index in [9.17, 15) is 0 Å². The lowest BCUT2D eigenvalue weighted by molar-refractivity contribution is 0.174. The number of nitrogens with zero attached hydrogens (tertiary/aromatic N) is 2. The molecule has 0 radical (unpaired) electrons. The van der Waals surface area contributed by atoms with Crippen molar-refractivity contribution in [2.75, 3.05) is 12.2 Å². The van der Waals surface area contributed by atoms with E-state index in [-0.39, 0.29) is 6.79 Å². The average molecular weight is 305 g/mol. The van der Waals surface area contributed by atoms with E-state index in [0.717, 1.165) is 39.3 Å². The lowest BCUT2D eigenvalue weighted by atomic mass is 10.1. The van der Waals surface area contributed by atoms with Crippen LogP contribution in [0.5, 0.6) is 11.5 Å². The van der Waals surface area contributed by atoms with E-state index in [0.29, 0.717) is 0 Å². The van der Waals surface area contributed by atoms with Gasteiger partial charge < -0.3 is 9.47 Å². The van der Waals surface area contributed by atoms with Crippen molar-refractivity contribution in [2.24, 2.45) is 5.10 Å². The number of ether oxygens (including phenoxy) is 2. The predicted octanol–water partition coefficient (Wildman–Crippen LogP) is 3.72. The second kappa shape index (κ2) is 5.61. The van der Waals surface area contributed by atoms with Gasteiger partial charge in [-0.05, 0) is 24.6 Å². The topological polar surface area (TPSA) is 55.7 Å². The summed E-state index contributed by atoms with van der Waals surface area (Å²) in [6, 6.07) is 15.7. The molecule has 0 amide bonds. The summed E-state index contributed by atoms with van der Waals surface area (Å²) >= 11 is 0. The molecule has 4 rings (SSSR count). The van der Waals surface area contributed by atoms with Crippen molar-refractivity contribution in [1.29, 1.82) is 0 Å². The number of fused-ring (bicyclic) bond motifs is 2.